The van der Waals surface area contributed by atoms with E-state index < -0.39 is 5.60 Å². The van der Waals surface area contributed by atoms with E-state index in [0.29, 0.717) is 6.54 Å². The number of aliphatic hydroxyl groups is 1. The van der Waals surface area contributed by atoms with Crippen LogP contribution in [0.15, 0.2) is 16.9 Å². The lowest BCUT2D eigenvalue weighted by Crippen LogP contribution is -2.53. The maximum Gasteiger partial charge on any atom is 0.266 e. The fourth-order valence-electron chi connectivity index (χ4n) is 4.20. The summed E-state index contributed by atoms with van der Waals surface area (Å²) in [4.78, 5) is 16.9. The van der Waals surface area contributed by atoms with Crippen molar-refractivity contribution in [3.05, 3.63) is 28.2 Å². The molecule has 6 nitrogen and oxygen atoms in total. The second kappa shape index (κ2) is 8.41. The fourth-order valence-corrected chi connectivity index (χ4v) is 4.20. The van der Waals surface area contributed by atoms with Crippen LogP contribution in [0.25, 0.3) is 0 Å². The largest absolute Gasteiger partial charge is 0.389 e. The zero-order chi connectivity index (χ0) is 19.5. The van der Waals surface area contributed by atoms with Crippen molar-refractivity contribution < 1.29 is 5.11 Å². The van der Waals surface area contributed by atoms with E-state index >= 15 is 0 Å². The molecule has 1 aliphatic heterocycles. The van der Waals surface area contributed by atoms with Crippen LogP contribution in [0, 0.1) is 0 Å². The molecule has 0 unspecified atom stereocenters. The van der Waals surface area contributed by atoms with Gasteiger partial charge in [-0.1, -0.05) is 40.0 Å². The van der Waals surface area contributed by atoms with E-state index in [4.69, 9.17) is 0 Å². The Balaban J connectivity index is 1.48. The molecule has 1 saturated heterocycles. The van der Waals surface area contributed by atoms with Gasteiger partial charge >= 0.3 is 0 Å². The molecule has 0 atom stereocenters. The van der Waals surface area contributed by atoms with Crippen LogP contribution >= 0.6 is 0 Å². The van der Waals surface area contributed by atoms with Crippen molar-refractivity contribution >= 4 is 0 Å². The molecule has 2 fully saturated rings. The Morgan fingerprint density at radius 1 is 1.00 bits per heavy atom. The standard InChI is InChI=1S/C21H36N4O2/c1-20(2,3)18-7-8-19(26)25(22-18)16-15-23-11-13-24(14-12-23)17-21(27)9-5-4-6-10-21/h7-8,27H,4-6,9-17H2,1-3H3. The predicted molar refractivity (Wildman–Crippen MR) is 108 cm³/mol. The average Bonchev–Trinajstić information content (AvgIpc) is 2.61. The van der Waals surface area contributed by atoms with Gasteiger partial charge in [-0.05, 0) is 18.9 Å². The zero-order valence-corrected chi connectivity index (χ0v) is 17.3. The van der Waals surface area contributed by atoms with Gasteiger partial charge in [0.1, 0.15) is 0 Å². The summed E-state index contributed by atoms with van der Waals surface area (Å²) in [6.45, 7) is 12.6. The number of piperazine rings is 1. The number of rotatable bonds is 5. The van der Waals surface area contributed by atoms with E-state index in [1.54, 1.807) is 10.7 Å². The molecule has 1 N–H and O–H groups in total. The van der Waals surface area contributed by atoms with Crippen molar-refractivity contribution in [2.45, 2.75) is 70.4 Å². The number of β-amino-alcohol motifs (C(OH)–C–C–N with tert-alkyl or cyclic N) is 1. The number of hydrogen-bond donors (Lipinski definition) is 1. The van der Waals surface area contributed by atoms with Crippen molar-refractivity contribution in [3.63, 3.8) is 0 Å². The molecule has 3 rings (SSSR count). The Bertz CT molecular complexity index is 665. The molecule has 0 bridgehead atoms. The van der Waals surface area contributed by atoms with Gasteiger partial charge in [-0.2, -0.15) is 5.10 Å². The fraction of sp³-hybridized carbons (Fsp3) is 0.810. The normalized spacial score (nSPS) is 22.1. The summed E-state index contributed by atoms with van der Waals surface area (Å²) >= 11 is 0. The third-order valence-electron chi connectivity index (χ3n) is 6.03. The van der Waals surface area contributed by atoms with Crippen LogP contribution in [0.2, 0.25) is 0 Å². The molecular formula is C21H36N4O2. The van der Waals surface area contributed by atoms with E-state index in [0.717, 1.165) is 70.6 Å². The van der Waals surface area contributed by atoms with Crippen LogP contribution in [0.1, 0.15) is 58.6 Å². The first-order valence-electron chi connectivity index (χ1n) is 10.5. The summed E-state index contributed by atoms with van der Waals surface area (Å²) < 4.78 is 1.61. The van der Waals surface area contributed by atoms with Gasteiger partial charge in [0.25, 0.3) is 5.56 Å². The number of hydrogen-bond acceptors (Lipinski definition) is 5. The van der Waals surface area contributed by atoms with Crippen molar-refractivity contribution in [1.82, 2.24) is 19.6 Å². The number of nitrogens with zero attached hydrogens (tertiary/aromatic N) is 4. The van der Waals surface area contributed by atoms with E-state index in [2.05, 4.69) is 35.7 Å². The minimum absolute atomic E-state index is 0.0267. The molecule has 1 aromatic rings. The number of aromatic nitrogens is 2. The Morgan fingerprint density at radius 2 is 1.63 bits per heavy atom. The summed E-state index contributed by atoms with van der Waals surface area (Å²) in [5.74, 6) is 0. The summed E-state index contributed by atoms with van der Waals surface area (Å²) in [6, 6.07) is 3.48. The molecule has 0 aromatic carbocycles. The first kappa shape index (κ1) is 20.5. The van der Waals surface area contributed by atoms with Crippen LogP contribution in [-0.2, 0) is 12.0 Å². The third-order valence-corrected chi connectivity index (χ3v) is 6.03. The van der Waals surface area contributed by atoms with E-state index in [9.17, 15) is 9.90 Å². The molecule has 27 heavy (non-hydrogen) atoms. The lowest BCUT2D eigenvalue weighted by Gasteiger charge is -2.41. The van der Waals surface area contributed by atoms with Gasteiger partial charge < -0.3 is 5.11 Å². The molecule has 1 aromatic heterocycles. The second-order valence-electron chi connectivity index (χ2n) is 9.43. The van der Waals surface area contributed by atoms with Crippen LogP contribution < -0.4 is 5.56 Å². The highest BCUT2D eigenvalue weighted by atomic mass is 16.3. The maximum absolute atomic E-state index is 12.1. The Kier molecular flexibility index (Phi) is 6.39. The topological polar surface area (TPSA) is 61.6 Å². The minimum Gasteiger partial charge on any atom is -0.389 e. The van der Waals surface area contributed by atoms with Crippen molar-refractivity contribution in [3.8, 4) is 0 Å². The monoisotopic (exact) mass is 376 g/mol. The molecule has 0 spiro atoms. The molecule has 6 heteroatoms. The minimum atomic E-state index is -0.467. The van der Waals surface area contributed by atoms with Crippen LogP contribution in [0.5, 0.6) is 0 Å². The molecule has 152 valence electrons. The van der Waals surface area contributed by atoms with Gasteiger partial charge in [0.15, 0.2) is 0 Å². The molecule has 1 aliphatic carbocycles. The van der Waals surface area contributed by atoms with Gasteiger partial charge in [-0.15, -0.1) is 0 Å². The average molecular weight is 377 g/mol. The van der Waals surface area contributed by atoms with Gasteiger partial charge in [0.05, 0.1) is 17.8 Å². The molecule has 2 heterocycles. The Labute approximate surface area is 163 Å². The lowest BCUT2D eigenvalue weighted by atomic mass is 9.84. The summed E-state index contributed by atoms with van der Waals surface area (Å²) in [6.07, 6.45) is 5.48. The van der Waals surface area contributed by atoms with E-state index in [-0.39, 0.29) is 11.0 Å². The third kappa shape index (κ3) is 5.62. The lowest BCUT2D eigenvalue weighted by molar-refractivity contribution is -0.0356. The highest BCUT2D eigenvalue weighted by Crippen LogP contribution is 2.29. The summed E-state index contributed by atoms with van der Waals surface area (Å²) in [5.41, 5.74) is 0.402. The smallest absolute Gasteiger partial charge is 0.266 e. The quantitative estimate of drug-likeness (QED) is 0.850. The molecular weight excluding hydrogens is 340 g/mol. The molecule has 0 amide bonds. The van der Waals surface area contributed by atoms with Crippen molar-refractivity contribution in [1.29, 1.82) is 0 Å². The highest BCUT2D eigenvalue weighted by Gasteiger charge is 2.32. The predicted octanol–water partition coefficient (Wildman–Crippen LogP) is 1.85. The van der Waals surface area contributed by atoms with Gasteiger partial charge in [-0.25, -0.2) is 4.68 Å². The second-order valence-corrected chi connectivity index (χ2v) is 9.43. The van der Waals surface area contributed by atoms with Crippen LogP contribution in [-0.4, -0.2) is 69.6 Å². The maximum atomic E-state index is 12.1. The Morgan fingerprint density at radius 3 is 2.26 bits per heavy atom. The SMILES string of the molecule is CC(C)(C)c1ccc(=O)n(CCN2CCN(CC3(O)CCCCC3)CC2)n1. The summed E-state index contributed by atoms with van der Waals surface area (Å²) in [7, 11) is 0. The Hall–Kier alpha value is -1.24. The molecule has 1 saturated carbocycles. The zero-order valence-electron chi connectivity index (χ0n) is 17.3. The molecule has 2 aliphatic rings. The van der Waals surface area contributed by atoms with Crippen LogP contribution in [0.3, 0.4) is 0 Å². The van der Waals surface area contributed by atoms with E-state index in [1.807, 2.05) is 6.07 Å². The van der Waals surface area contributed by atoms with Crippen molar-refractivity contribution in [2.75, 3.05) is 39.3 Å². The van der Waals surface area contributed by atoms with Gasteiger partial charge in [0.2, 0.25) is 0 Å². The molecule has 0 radical (unpaired) electrons. The summed E-state index contributed by atoms with van der Waals surface area (Å²) in [5, 5.41) is 15.3. The van der Waals surface area contributed by atoms with Crippen LogP contribution in [0.4, 0.5) is 0 Å². The first-order valence-corrected chi connectivity index (χ1v) is 10.5. The van der Waals surface area contributed by atoms with E-state index in [1.165, 1.54) is 6.42 Å². The first-order chi connectivity index (χ1) is 12.8. The van der Waals surface area contributed by atoms with Gasteiger partial charge in [-0.3, -0.25) is 14.6 Å². The highest BCUT2D eigenvalue weighted by molar-refractivity contribution is 5.10. The van der Waals surface area contributed by atoms with Crippen molar-refractivity contribution in [2.24, 2.45) is 0 Å². The van der Waals surface area contributed by atoms with Gasteiger partial charge in [0, 0.05) is 50.7 Å².